The molecule has 3 rings (SSSR count). The minimum atomic E-state index is -2.87. The summed E-state index contributed by atoms with van der Waals surface area (Å²) in [5.41, 5.74) is -0.561. The molecule has 5 N–H and O–H groups in total. The topological polar surface area (TPSA) is 198 Å². The normalized spacial score (nSPS) is 25.0. The zero-order valence-electron chi connectivity index (χ0n) is 19.7. The van der Waals surface area contributed by atoms with E-state index in [2.05, 4.69) is 5.32 Å². The molecule has 5 atom stereocenters. The fourth-order valence-electron chi connectivity index (χ4n) is 3.55. The van der Waals surface area contributed by atoms with Crippen molar-refractivity contribution in [3.63, 3.8) is 0 Å². The van der Waals surface area contributed by atoms with Crippen molar-refractivity contribution < 1.29 is 58.6 Å². The molecule has 37 heavy (non-hydrogen) atoms. The summed E-state index contributed by atoms with van der Waals surface area (Å²) in [6.45, 7) is 1.30. The summed E-state index contributed by atoms with van der Waals surface area (Å²) in [6.07, 6.45) is -7.80. The van der Waals surface area contributed by atoms with Gasteiger partial charge in [-0.1, -0.05) is 24.3 Å². The third kappa shape index (κ3) is 6.10. The number of carbonyl (C=O) groups is 4. The third-order valence-electron chi connectivity index (χ3n) is 5.23. The lowest BCUT2D eigenvalue weighted by molar-refractivity contribution is -0.353. The number of nitrogens with one attached hydrogen (secondary N) is 1. The van der Waals surface area contributed by atoms with Crippen LogP contribution in [-0.2, 0) is 19.1 Å². The lowest BCUT2D eigenvalue weighted by atomic mass is 9.96. The quantitative estimate of drug-likeness (QED) is 0.175. The summed E-state index contributed by atoms with van der Waals surface area (Å²) < 4.78 is 20.8. The van der Waals surface area contributed by atoms with Crippen LogP contribution in [0.5, 0.6) is 11.5 Å². The summed E-state index contributed by atoms with van der Waals surface area (Å²) in [5.74, 6) is -7.12. The van der Waals surface area contributed by atoms with Crippen molar-refractivity contribution in [2.75, 3.05) is 6.61 Å². The number of esters is 3. The van der Waals surface area contributed by atoms with Gasteiger partial charge >= 0.3 is 23.8 Å². The highest BCUT2D eigenvalue weighted by Gasteiger charge is 2.58. The molecule has 0 bridgehead atoms. The first kappa shape index (κ1) is 27.7. The van der Waals surface area contributed by atoms with E-state index < -0.39 is 60.7 Å². The molecule has 0 unspecified atom stereocenters. The Labute approximate surface area is 210 Å². The smallest absolute Gasteiger partial charge is 0.345 e. The highest BCUT2D eigenvalue weighted by atomic mass is 16.8. The van der Waals surface area contributed by atoms with Crippen LogP contribution in [0, 0.1) is 0 Å². The average molecular weight is 519 g/mol. The van der Waals surface area contributed by atoms with Gasteiger partial charge in [-0.05, 0) is 24.3 Å². The molecule has 0 saturated carbocycles. The monoisotopic (exact) mass is 519 g/mol. The van der Waals surface area contributed by atoms with Crippen LogP contribution in [0.1, 0.15) is 34.6 Å². The van der Waals surface area contributed by atoms with Crippen molar-refractivity contribution in [1.82, 2.24) is 5.32 Å². The van der Waals surface area contributed by atoms with E-state index in [4.69, 9.17) is 18.9 Å². The number of aliphatic hydroxyl groups is 4. The maximum Gasteiger partial charge on any atom is 0.345 e. The van der Waals surface area contributed by atoms with E-state index in [1.54, 1.807) is 0 Å². The molecule has 2 aromatic rings. The van der Waals surface area contributed by atoms with Crippen LogP contribution in [0.2, 0.25) is 0 Å². The molecule has 1 amide bonds. The van der Waals surface area contributed by atoms with Crippen LogP contribution in [0.15, 0.2) is 48.5 Å². The van der Waals surface area contributed by atoms with Crippen molar-refractivity contribution in [2.24, 2.45) is 0 Å². The second-order valence-corrected chi connectivity index (χ2v) is 7.96. The fourth-order valence-corrected chi connectivity index (χ4v) is 3.55. The zero-order valence-corrected chi connectivity index (χ0v) is 19.7. The van der Waals surface area contributed by atoms with E-state index in [0.29, 0.717) is 0 Å². The van der Waals surface area contributed by atoms with Gasteiger partial charge in [0.1, 0.15) is 35.4 Å². The summed E-state index contributed by atoms with van der Waals surface area (Å²) in [7, 11) is 0. The Balaban J connectivity index is 2.04. The Bertz CT molecular complexity index is 1110. The van der Waals surface area contributed by atoms with Gasteiger partial charge in [0, 0.05) is 13.8 Å². The summed E-state index contributed by atoms with van der Waals surface area (Å²) in [6, 6.07) is 10.8. The number of carbonyl (C=O) groups excluding carboxylic acids is 4. The molecule has 198 valence electrons. The molecule has 13 heteroatoms. The number of hydrogen-bond donors (Lipinski definition) is 5. The van der Waals surface area contributed by atoms with E-state index in [-0.39, 0.29) is 22.6 Å². The maximum absolute atomic E-state index is 13.2. The SMILES string of the molecule is CC(=O)Oc1ccccc1C(=O)N[C@@]1(OC(=O)c2ccccc2OC(C)=O)O[C@H](CO)[C@@H](O)[C@H](O)[C@@H]1O. The predicted molar refractivity (Wildman–Crippen MR) is 121 cm³/mol. The van der Waals surface area contributed by atoms with E-state index in [0.717, 1.165) is 13.8 Å². The third-order valence-corrected chi connectivity index (χ3v) is 5.23. The molecule has 1 heterocycles. The van der Waals surface area contributed by atoms with Crippen molar-refractivity contribution in [1.29, 1.82) is 0 Å². The predicted octanol–water partition coefficient (Wildman–Crippen LogP) is -0.748. The van der Waals surface area contributed by atoms with Crippen LogP contribution < -0.4 is 14.8 Å². The first-order valence-corrected chi connectivity index (χ1v) is 10.9. The van der Waals surface area contributed by atoms with E-state index in [1.807, 2.05) is 0 Å². The van der Waals surface area contributed by atoms with Crippen LogP contribution >= 0.6 is 0 Å². The maximum atomic E-state index is 13.2. The molecule has 13 nitrogen and oxygen atoms in total. The van der Waals surface area contributed by atoms with Crippen molar-refractivity contribution in [3.8, 4) is 11.5 Å². The molecule has 1 aliphatic rings. The van der Waals surface area contributed by atoms with Gasteiger partial charge in [-0.25, -0.2) is 4.79 Å². The highest BCUT2D eigenvalue weighted by Crippen LogP contribution is 2.32. The Kier molecular flexibility index (Phi) is 8.57. The number of rotatable bonds is 7. The van der Waals surface area contributed by atoms with Crippen LogP contribution in [0.4, 0.5) is 0 Å². The standard InChI is InChI=1S/C24H25NO12/c1-12(27)34-16-9-5-3-7-14(16)22(32)25-24(21(31)20(30)19(29)18(11-26)36-24)37-23(33)15-8-4-6-10-17(15)35-13(2)28/h3-10,18-21,26,29-31H,11H2,1-2H3,(H,25,32)/t18-,19-,20+,21+,24-/m1/s1. The van der Waals surface area contributed by atoms with E-state index in [1.165, 1.54) is 48.5 Å². The average Bonchev–Trinajstić information content (AvgIpc) is 2.84. The van der Waals surface area contributed by atoms with Gasteiger partial charge < -0.3 is 39.4 Å². The first-order chi connectivity index (χ1) is 17.5. The molecule has 0 radical (unpaired) electrons. The largest absolute Gasteiger partial charge is 0.426 e. The summed E-state index contributed by atoms with van der Waals surface area (Å²) in [5, 5.41) is 43.2. The van der Waals surface area contributed by atoms with Crippen molar-refractivity contribution in [2.45, 2.75) is 44.2 Å². The number of ether oxygens (including phenoxy) is 4. The Morgan fingerprint density at radius 1 is 0.865 bits per heavy atom. The second kappa shape index (κ2) is 11.5. The zero-order chi connectivity index (χ0) is 27.3. The Morgan fingerprint density at radius 3 is 1.92 bits per heavy atom. The lowest BCUT2D eigenvalue weighted by Gasteiger charge is -2.47. The van der Waals surface area contributed by atoms with Gasteiger partial charge in [0.05, 0.1) is 12.2 Å². The number of benzene rings is 2. The Hall–Kier alpha value is -3.88. The molecule has 1 fully saturated rings. The summed E-state index contributed by atoms with van der Waals surface area (Å²) >= 11 is 0. The van der Waals surface area contributed by atoms with E-state index in [9.17, 15) is 39.6 Å². The van der Waals surface area contributed by atoms with Gasteiger partial charge in [-0.2, -0.15) is 0 Å². The molecule has 2 aromatic carbocycles. The van der Waals surface area contributed by atoms with Gasteiger partial charge in [0.2, 0.25) is 0 Å². The number of amides is 1. The molecule has 0 aliphatic carbocycles. The van der Waals surface area contributed by atoms with Crippen LogP contribution in [0.3, 0.4) is 0 Å². The van der Waals surface area contributed by atoms with Gasteiger partial charge in [0.15, 0.2) is 6.10 Å². The number of para-hydroxylation sites is 2. The van der Waals surface area contributed by atoms with Gasteiger partial charge in [0.25, 0.3) is 5.91 Å². The van der Waals surface area contributed by atoms with Crippen LogP contribution in [0.25, 0.3) is 0 Å². The molecule has 1 aliphatic heterocycles. The molecular formula is C24H25NO12. The Morgan fingerprint density at radius 2 is 1.38 bits per heavy atom. The summed E-state index contributed by atoms with van der Waals surface area (Å²) in [4.78, 5) is 49.3. The molecule has 0 aromatic heterocycles. The first-order valence-electron chi connectivity index (χ1n) is 10.9. The van der Waals surface area contributed by atoms with E-state index >= 15 is 0 Å². The minimum absolute atomic E-state index is 0.182. The van der Waals surface area contributed by atoms with Crippen LogP contribution in [-0.4, -0.2) is 81.2 Å². The van der Waals surface area contributed by atoms with Crippen molar-refractivity contribution in [3.05, 3.63) is 59.7 Å². The van der Waals surface area contributed by atoms with Gasteiger partial charge in [-0.15, -0.1) is 0 Å². The number of hydrogen-bond acceptors (Lipinski definition) is 12. The molecule has 0 spiro atoms. The highest BCUT2D eigenvalue weighted by molar-refractivity contribution is 5.98. The second-order valence-electron chi connectivity index (χ2n) is 7.96. The number of aliphatic hydroxyl groups excluding tert-OH is 4. The molecular weight excluding hydrogens is 494 g/mol. The lowest BCUT2D eigenvalue weighted by Crippen LogP contribution is -2.72. The molecule has 1 saturated heterocycles. The minimum Gasteiger partial charge on any atom is -0.426 e. The van der Waals surface area contributed by atoms with Gasteiger partial charge in [-0.3, -0.25) is 19.7 Å². The van der Waals surface area contributed by atoms with Crippen molar-refractivity contribution >= 4 is 23.8 Å². The fraction of sp³-hybridized carbons (Fsp3) is 0.333.